The van der Waals surface area contributed by atoms with E-state index < -0.39 is 0 Å². The lowest BCUT2D eigenvalue weighted by molar-refractivity contribution is 0.171. The summed E-state index contributed by atoms with van der Waals surface area (Å²) < 4.78 is 13.1. The number of halogens is 1. The Kier molecular flexibility index (Phi) is 6.25. The van der Waals surface area contributed by atoms with E-state index in [2.05, 4.69) is 10.2 Å². The molecular formula is C15H25FN2O. The van der Waals surface area contributed by atoms with Crippen molar-refractivity contribution in [2.75, 3.05) is 32.1 Å². The quantitative estimate of drug-likeness (QED) is 0.711. The largest absolute Gasteiger partial charge is 0.394 e. The van der Waals surface area contributed by atoms with Crippen molar-refractivity contribution >= 4 is 5.69 Å². The van der Waals surface area contributed by atoms with Gasteiger partial charge in [0.15, 0.2) is 0 Å². The van der Waals surface area contributed by atoms with Crippen LogP contribution in [0.5, 0.6) is 0 Å². The fourth-order valence-electron chi connectivity index (χ4n) is 1.99. The number of rotatable bonds is 8. The van der Waals surface area contributed by atoms with Gasteiger partial charge in [0.25, 0.3) is 0 Å². The molecule has 0 aliphatic carbocycles. The summed E-state index contributed by atoms with van der Waals surface area (Å²) in [5.41, 5.74) is 0.704. The standard InChI is InChI=1S/C15H25FN2O/c1-15(12-19,17-2)9-4-5-10-18(3)14-8-6-7-13(16)11-14/h6-8,11,17,19H,4-5,9-10,12H2,1-3H3. The molecule has 0 bridgehead atoms. The number of hydrogen-bond donors (Lipinski definition) is 2. The maximum Gasteiger partial charge on any atom is 0.125 e. The number of aliphatic hydroxyl groups excluding tert-OH is 1. The third-order valence-electron chi connectivity index (χ3n) is 3.67. The maximum atomic E-state index is 13.1. The van der Waals surface area contributed by atoms with Crippen molar-refractivity contribution in [3.05, 3.63) is 30.1 Å². The van der Waals surface area contributed by atoms with E-state index in [4.69, 9.17) is 0 Å². The molecule has 0 aromatic heterocycles. The average Bonchev–Trinajstić information content (AvgIpc) is 2.43. The summed E-state index contributed by atoms with van der Waals surface area (Å²) in [5, 5.41) is 12.4. The molecule has 1 rings (SSSR count). The molecule has 1 unspecified atom stereocenters. The van der Waals surface area contributed by atoms with Crippen LogP contribution in [0.4, 0.5) is 10.1 Å². The SMILES string of the molecule is CNC(C)(CO)CCCCN(C)c1cccc(F)c1. The van der Waals surface area contributed by atoms with Crippen LogP contribution in [-0.2, 0) is 0 Å². The van der Waals surface area contributed by atoms with Crippen molar-refractivity contribution < 1.29 is 9.50 Å². The van der Waals surface area contributed by atoms with Crippen molar-refractivity contribution in [3.8, 4) is 0 Å². The zero-order valence-electron chi connectivity index (χ0n) is 12.1. The highest BCUT2D eigenvalue weighted by molar-refractivity contribution is 5.45. The Morgan fingerprint density at radius 1 is 1.37 bits per heavy atom. The number of nitrogens with one attached hydrogen (secondary N) is 1. The van der Waals surface area contributed by atoms with Crippen molar-refractivity contribution in [2.45, 2.75) is 31.7 Å². The third-order valence-corrected chi connectivity index (χ3v) is 3.67. The summed E-state index contributed by atoms with van der Waals surface area (Å²) in [6.07, 6.45) is 2.97. The van der Waals surface area contributed by atoms with Crippen LogP contribution in [-0.4, -0.2) is 37.9 Å². The van der Waals surface area contributed by atoms with Crippen LogP contribution in [0.3, 0.4) is 0 Å². The van der Waals surface area contributed by atoms with Crippen LogP contribution in [0.25, 0.3) is 0 Å². The van der Waals surface area contributed by atoms with Gasteiger partial charge >= 0.3 is 0 Å². The minimum absolute atomic E-state index is 0.142. The fourth-order valence-corrected chi connectivity index (χ4v) is 1.99. The molecule has 2 N–H and O–H groups in total. The number of unbranched alkanes of at least 4 members (excludes halogenated alkanes) is 1. The molecule has 0 spiro atoms. The maximum absolute atomic E-state index is 13.1. The van der Waals surface area contributed by atoms with Crippen LogP contribution in [0.15, 0.2) is 24.3 Å². The molecule has 3 nitrogen and oxygen atoms in total. The van der Waals surface area contributed by atoms with E-state index in [-0.39, 0.29) is 18.0 Å². The minimum Gasteiger partial charge on any atom is -0.394 e. The van der Waals surface area contributed by atoms with Crippen LogP contribution < -0.4 is 10.2 Å². The van der Waals surface area contributed by atoms with E-state index in [1.807, 2.05) is 27.1 Å². The van der Waals surface area contributed by atoms with Gasteiger partial charge in [-0.3, -0.25) is 0 Å². The highest BCUT2D eigenvalue weighted by atomic mass is 19.1. The van der Waals surface area contributed by atoms with Gasteiger partial charge in [-0.1, -0.05) is 6.07 Å². The Bertz CT molecular complexity index is 380. The summed E-state index contributed by atoms with van der Waals surface area (Å²) in [7, 11) is 3.84. The average molecular weight is 268 g/mol. The lowest BCUT2D eigenvalue weighted by Gasteiger charge is -2.27. The van der Waals surface area contributed by atoms with E-state index >= 15 is 0 Å². The zero-order chi connectivity index (χ0) is 14.3. The molecule has 19 heavy (non-hydrogen) atoms. The molecule has 1 aromatic carbocycles. The summed E-state index contributed by atoms with van der Waals surface area (Å²) >= 11 is 0. The number of anilines is 1. The molecular weight excluding hydrogens is 243 g/mol. The van der Waals surface area contributed by atoms with Gasteiger partial charge in [-0.15, -0.1) is 0 Å². The Morgan fingerprint density at radius 3 is 2.68 bits per heavy atom. The van der Waals surface area contributed by atoms with E-state index in [0.717, 1.165) is 31.5 Å². The van der Waals surface area contributed by atoms with E-state index in [9.17, 15) is 9.50 Å². The molecule has 0 aliphatic rings. The summed E-state index contributed by atoms with van der Waals surface area (Å²) in [4.78, 5) is 2.05. The van der Waals surface area contributed by atoms with E-state index in [1.165, 1.54) is 6.07 Å². The second-order valence-electron chi connectivity index (χ2n) is 5.33. The van der Waals surface area contributed by atoms with Gasteiger partial charge in [-0.25, -0.2) is 4.39 Å². The molecule has 0 saturated carbocycles. The number of benzene rings is 1. The highest BCUT2D eigenvalue weighted by Gasteiger charge is 2.19. The van der Waals surface area contributed by atoms with Crippen LogP contribution in [0, 0.1) is 5.82 Å². The second-order valence-corrected chi connectivity index (χ2v) is 5.33. The third kappa shape index (κ3) is 5.17. The first-order valence-corrected chi connectivity index (χ1v) is 6.77. The van der Waals surface area contributed by atoms with Crippen molar-refractivity contribution in [1.29, 1.82) is 0 Å². The molecule has 0 radical (unpaired) electrons. The predicted molar refractivity (Wildman–Crippen MR) is 78.1 cm³/mol. The molecule has 4 heteroatoms. The summed E-state index contributed by atoms with van der Waals surface area (Å²) in [6, 6.07) is 6.64. The second kappa shape index (κ2) is 7.46. The van der Waals surface area contributed by atoms with Gasteiger partial charge < -0.3 is 15.3 Å². The fraction of sp³-hybridized carbons (Fsp3) is 0.600. The van der Waals surface area contributed by atoms with Crippen molar-refractivity contribution in [2.24, 2.45) is 0 Å². The normalized spacial score (nSPS) is 14.2. The van der Waals surface area contributed by atoms with Crippen molar-refractivity contribution in [3.63, 3.8) is 0 Å². The smallest absolute Gasteiger partial charge is 0.125 e. The number of likely N-dealkylation sites (N-methyl/N-ethyl adjacent to an activating group) is 1. The molecule has 1 atom stereocenters. The Hall–Kier alpha value is -1.13. The molecule has 0 aliphatic heterocycles. The monoisotopic (exact) mass is 268 g/mol. The van der Waals surface area contributed by atoms with Gasteiger partial charge in [0.2, 0.25) is 0 Å². The lowest BCUT2D eigenvalue weighted by Crippen LogP contribution is -2.43. The zero-order valence-corrected chi connectivity index (χ0v) is 12.1. The first-order valence-electron chi connectivity index (χ1n) is 6.77. The topological polar surface area (TPSA) is 35.5 Å². The van der Waals surface area contributed by atoms with Gasteiger partial charge in [-0.05, 0) is 51.4 Å². The van der Waals surface area contributed by atoms with E-state index in [1.54, 1.807) is 12.1 Å². The first kappa shape index (κ1) is 15.9. The highest BCUT2D eigenvalue weighted by Crippen LogP contribution is 2.16. The number of hydrogen-bond acceptors (Lipinski definition) is 3. The Balaban J connectivity index is 2.33. The van der Waals surface area contributed by atoms with E-state index in [0.29, 0.717) is 0 Å². The van der Waals surface area contributed by atoms with Gasteiger partial charge in [-0.2, -0.15) is 0 Å². The molecule has 0 saturated heterocycles. The number of nitrogens with zero attached hydrogens (tertiary/aromatic N) is 1. The Morgan fingerprint density at radius 2 is 2.11 bits per heavy atom. The van der Waals surface area contributed by atoms with Crippen LogP contribution >= 0.6 is 0 Å². The van der Waals surface area contributed by atoms with Crippen molar-refractivity contribution in [1.82, 2.24) is 5.32 Å². The minimum atomic E-state index is -0.201. The first-order chi connectivity index (χ1) is 9.00. The van der Waals surface area contributed by atoms with Gasteiger partial charge in [0, 0.05) is 24.8 Å². The lowest BCUT2D eigenvalue weighted by atomic mass is 9.96. The molecule has 1 aromatic rings. The van der Waals surface area contributed by atoms with Gasteiger partial charge in [0.1, 0.15) is 5.82 Å². The van der Waals surface area contributed by atoms with Gasteiger partial charge in [0.05, 0.1) is 6.61 Å². The molecule has 0 fully saturated rings. The summed E-state index contributed by atoms with van der Waals surface area (Å²) in [6.45, 7) is 3.04. The van der Waals surface area contributed by atoms with Crippen LogP contribution in [0.2, 0.25) is 0 Å². The number of aliphatic hydroxyl groups is 1. The van der Waals surface area contributed by atoms with Crippen LogP contribution in [0.1, 0.15) is 26.2 Å². The predicted octanol–water partition coefficient (Wildman–Crippen LogP) is 2.40. The summed E-state index contributed by atoms with van der Waals surface area (Å²) in [5.74, 6) is -0.201. The molecule has 0 heterocycles. The molecule has 0 amide bonds. The molecule has 108 valence electrons. The Labute approximate surface area is 115 Å².